The molecule has 0 saturated carbocycles. The van der Waals surface area contributed by atoms with Gasteiger partial charge in [0, 0.05) is 12.1 Å². The van der Waals surface area contributed by atoms with Gasteiger partial charge in [0.2, 0.25) is 5.91 Å². The first-order valence-corrected chi connectivity index (χ1v) is 7.57. The molecule has 0 fully saturated rings. The van der Waals surface area contributed by atoms with E-state index in [4.69, 9.17) is 0 Å². The number of carbonyl (C=O) groups excluding carboxylic acids is 1. The van der Waals surface area contributed by atoms with Gasteiger partial charge >= 0.3 is 0 Å². The minimum atomic E-state index is -0.191. The number of rotatable bonds is 7. The molecule has 3 heteroatoms. The number of carbonyl (C=O) groups is 1. The van der Waals surface area contributed by atoms with Crippen LogP contribution in [0.2, 0.25) is 0 Å². The topological polar surface area (TPSA) is 41.1 Å². The van der Waals surface area contributed by atoms with Crippen molar-refractivity contribution in [1.29, 1.82) is 0 Å². The first kappa shape index (κ1) is 16.7. The molecule has 0 aliphatic rings. The minimum absolute atomic E-state index is 0.0754. The summed E-state index contributed by atoms with van der Waals surface area (Å²) in [4.78, 5) is 12.1. The average Bonchev–Trinajstić information content (AvgIpc) is 2.39. The average molecular weight is 276 g/mol. The van der Waals surface area contributed by atoms with Gasteiger partial charge in [0.1, 0.15) is 0 Å². The summed E-state index contributed by atoms with van der Waals surface area (Å²) in [5.74, 6) is 0.0754. The SMILES string of the molecule is CCCC(C)NC(=O)C(C)N[C@H](C)c1ccccc1C. The quantitative estimate of drug-likeness (QED) is 0.802. The summed E-state index contributed by atoms with van der Waals surface area (Å²) >= 11 is 0. The Morgan fingerprint density at radius 1 is 1.20 bits per heavy atom. The van der Waals surface area contributed by atoms with Crippen molar-refractivity contribution in [1.82, 2.24) is 10.6 Å². The van der Waals surface area contributed by atoms with Crippen LogP contribution in [0.15, 0.2) is 24.3 Å². The molecule has 3 nitrogen and oxygen atoms in total. The molecule has 2 N–H and O–H groups in total. The molecule has 0 aliphatic heterocycles. The highest BCUT2D eigenvalue weighted by atomic mass is 16.2. The van der Waals surface area contributed by atoms with Crippen LogP contribution in [0.4, 0.5) is 0 Å². The van der Waals surface area contributed by atoms with Crippen LogP contribution in [0.5, 0.6) is 0 Å². The molecule has 20 heavy (non-hydrogen) atoms. The number of benzene rings is 1. The highest BCUT2D eigenvalue weighted by molar-refractivity contribution is 5.81. The molecule has 0 radical (unpaired) electrons. The summed E-state index contributed by atoms with van der Waals surface area (Å²) in [6.45, 7) is 10.3. The van der Waals surface area contributed by atoms with E-state index in [0.717, 1.165) is 12.8 Å². The summed E-state index contributed by atoms with van der Waals surface area (Å²) in [7, 11) is 0. The van der Waals surface area contributed by atoms with Gasteiger partial charge in [-0.2, -0.15) is 0 Å². The summed E-state index contributed by atoms with van der Waals surface area (Å²) in [6, 6.07) is 8.49. The highest BCUT2D eigenvalue weighted by Gasteiger charge is 2.18. The van der Waals surface area contributed by atoms with Gasteiger partial charge in [0.05, 0.1) is 6.04 Å². The third-order valence-corrected chi connectivity index (χ3v) is 3.66. The zero-order valence-electron chi connectivity index (χ0n) is 13.4. The van der Waals surface area contributed by atoms with Gasteiger partial charge in [0.15, 0.2) is 0 Å². The van der Waals surface area contributed by atoms with E-state index in [1.807, 2.05) is 19.1 Å². The second-order valence-electron chi connectivity index (χ2n) is 5.66. The maximum atomic E-state index is 12.1. The minimum Gasteiger partial charge on any atom is -0.352 e. The van der Waals surface area contributed by atoms with Gasteiger partial charge in [-0.25, -0.2) is 0 Å². The van der Waals surface area contributed by atoms with Crippen molar-refractivity contribution in [2.24, 2.45) is 0 Å². The molecule has 0 saturated heterocycles. The molecule has 0 spiro atoms. The Morgan fingerprint density at radius 3 is 2.45 bits per heavy atom. The fraction of sp³-hybridized carbons (Fsp3) is 0.588. The van der Waals surface area contributed by atoms with Crippen LogP contribution in [-0.4, -0.2) is 18.0 Å². The summed E-state index contributed by atoms with van der Waals surface area (Å²) in [5, 5.41) is 6.42. The van der Waals surface area contributed by atoms with Gasteiger partial charge in [-0.05, 0) is 45.2 Å². The van der Waals surface area contributed by atoms with Gasteiger partial charge < -0.3 is 5.32 Å². The number of aryl methyl sites for hydroxylation is 1. The maximum Gasteiger partial charge on any atom is 0.237 e. The predicted octanol–water partition coefficient (Wildman–Crippen LogP) is 3.34. The summed E-state index contributed by atoms with van der Waals surface area (Å²) in [5.41, 5.74) is 2.49. The van der Waals surface area contributed by atoms with E-state index in [0.29, 0.717) is 0 Å². The smallest absolute Gasteiger partial charge is 0.237 e. The third-order valence-electron chi connectivity index (χ3n) is 3.66. The highest BCUT2D eigenvalue weighted by Crippen LogP contribution is 2.17. The van der Waals surface area contributed by atoms with Crippen molar-refractivity contribution >= 4 is 5.91 Å². The van der Waals surface area contributed by atoms with E-state index >= 15 is 0 Å². The molecule has 2 unspecified atom stereocenters. The van der Waals surface area contributed by atoms with Crippen molar-refractivity contribution < 1.29 is 4.79 Å². The normalized spacial score (nSPS) is 15.4. The molecular weight excluding hydrogens is 248 g/mol. The molecule has 0 heterocycles. The Bertz CT molecular complexity index is 431. The van der Waals surface area contributed by atoms with Crippen molar-refractivity contribution in [3.05, 3.63) is 35.4 Å². The Morgan fingerprint density at radius 2 is 1.85 bits per heavy atom. The molecule has 0 aromatic heterocycles. The Kier molecular flexibility index (Phi) is 6.73. The van der Waals surface area contributed by atoms with Crippen molar-refractivity contribution in [3.8, 4) is 0 Å². The second-order valence-corrected chi connectivity index (χ2v) is 5.66. The van der Waals surface area contributed by atoms with Crippen LogP contribution < -0.4 is 10.6 Å². The van der Waals surface area contributed by atoms with Crippen molar-refractivity contribution in [2.45, 2.75) is 65.6 Å². The summed E-state index contributed by atoms with van der Waals surface area (Å²) in [6.07, 6.45) is 2.11. The van der Waals surface area contributed by atoms with Gasteiger partial charge in [0.25, 0.3) is 0 Å². The fourth-order valence-electron chi connectivity index (χ4n) is 2.49. The number of hydrogen-bond donors (Lipinski definition) is 2. The third kappa shape index (κ3) is 4.97. The zero-order chi connectivity index (χ0) is 15.1. The molecule has 0 bridgehead atoms. The molecule has 1 rings (SSSR count). The fourth-order valence-corrected chi connectivity index (χ4v) is 2.49. The molecular formula is C17H28N2O. The second kappa shape index (κ2) is 8.05. The first-order chi connectivity index (χ1) is 9.45. The lowest BCUT2D eigenvalue weighted by atomic mass is 10.0. The van der Waals surface area contributed by atoms with Crippen LogP contribution in [-0.2, 0) is 4.79 Å². The zero-order valence-corrected chi connectivity index (χ0v) is 13.4. The van der Waals surface area contributed by atoms with Crippen molar-refractivity contribution in [2.75, 3.05) is 0 Å². The van der Waals surface area contributed by atoms with Crippen LogP contribution in [0.25, 0.3) is 0 Å². The van der Waals surface area contributed by atoms with E-state index in [1.165, 1.54) is 11.1 Å². The molecule has 1 amide bonds. The van der Waals surface area contributed by atoms with Crippen molar-refractivity contribution in [3.63, 3.8) is 0 Å². The van der Waals surface area contributed by atoms with Gasteiger partial charge in [-0.15, -0.1) is 0 Å². The van der Waals surface area contributed by atoms with Crippen LogP contribution in [0.1, 0.15) is 57.7 Å². The van der Waals surface area contributed by atoms with Gasteiger partial charge in [-0.3, -0.25) is 10.1 Å². The number of amides is 1. The van der Waals surface area contributed by atoms with E-state index in [2.05, 4.69) is 50.5 Å². The van der Waals surface area contributed by atoms with Crippen LogP contribution in [0.3, 0.4) is 0 Å². The first-order valence-electron chi connectivity index (χ1n) is 7.57. The Hall–Kier alpha value is -1.35. The number of hydrogen-bond acceptors (Lipinski definition) is 2. The predicted molar refractivity (Wildman–Crippen MR) is 84.7 cm³/mol. The lowest BCUT2D eigenvalue weighted by Gasteiger charge is -2.23. The van der Waals surface area contributed by atoms with Gasteiger partial charge in [-0.1, -0.05) is 37.6 Å². The van der Waals surface area contributed by atoms with E-state index in [9.17, 15) is 4.79 Å². The van der Waals surface area contributed by atoms with E-state index in [-0.39, 0.29) is 24.0 Å². The largest absolute Gasteiger partial charge is 0.352 e. The lowest BCUT2D eigenvalue weighted by molar-refractivity contribution is -0.123. The monoisotopic (exact) mass is 276 g/mol. The molecule has 0 aliphatic carbocycles. The van der Waals surface area contributed by atoms with E-state index in [1.54, 1.807) is 0 Å². The molecule has 1 aromatic rings. The molecule has 1 aromatic carbocycles. The number of nitrogens with one attached hydrogen (secondary N) is 2. The molecule has 3 atom stereocenters. The van der Waals surface area contributed by atoms with E-state index < -0.39 is 0 Å². The lowest BCUT2D eigenvalue weighted by Crippen LogP contribution is -2.46. The summed E-state index contributed by atoms with van der Waals surface area (Å²) < 4.78 is 0. The Balaban J connectivity index is 2.55. The standard InChI is InChI=1S/C17H28N2O/c1-6-9-13(3)18-17(20)15(5)19-14(4)16-11-8-7-10-12(16)2/h7-8,10-11,13-15,19H,6,9H2,1-5H3,(H,18,20)/t13?,14-,15?/m1/s1. The maximum absolute atomic E-state index is 12.1. The Labute approximate surface area is 123 Å². The van der Waals surface area contributed by atoms with Crippen LogP contribution >= 0.6 is 0 Å². The molecule has 112 valence electrons. The van der Waals surface area contributed by atoms with Crippen LogP contribution in [0, 0.1) is 6.92 Å².